The zero-order valence-electron chi connectivity index (χ0n) is 10.2. The highest BCUT2D eigenvalue weighted by atomic mass is 14.0. The lowest BCUT2D eigenvalue weighted by Gasteiger charge is -2.01. The standard InChI is InChI=1S/C16H20/c1-5-9-11-14-15(8-4)16(12-7-3)13-10-6-2/h5-14H,2-3H2,1,4H3/b9-5-,13-10-,14-11-,15-8?,16-12+. The first kappa shape index (κ1) is 14.2. The Bertz CT molecular complexity index is 357. The van der Waals surface area contributed by atoms with Gasteiger partial charge in [-0.2, -0.15) is 0 Å². The highest BCUT2D eigenvalue weighted by Crippen LogP contribution is 2.13. The molecule has 0 aliphatic heterocycles. The summed E-state index contributed by atoms with van der Waals surface area (Å²) in [6, 6.07) is 0. The van der Waals surface area contributed by atoms with Crippen molar-refractivity contribution in [1.29, 1.82) is 0 Å². The summed E-state index contributed by atoms with van der Waals surface area (Å²) in [4.78, 5) is 0. The Kier molecular flexibility index (Phi) is 8.62. The van der Waals surface area contributed by atoms with Crippen molar-refractivity contribution in [3.63, 3.8) is 0 Å². The van der Waals surface area contributed by atoms with Crippen molar-refractivity contribution >= 4 is 0 Å². The maximum absolute atomic E-state index is 3.72. The second kappa shape index (κ2) is 9.72. The lowest BCUT2D eigenvalue weighted by Crippen LogP contribution is -1.82. The van der Waals surface area contributed by atoms with E-state index in [-0.39, 0.29) is 0 Å². The zero-order valence-corrected chi connectivity index (χ0v) is 10.2. The quantitative estimate of drug-likeness (QED) is 0.548. The Morgan fingerprint density at radius 1 is 0.812 bits per heavy atom. The highest BCUT2D eigenvalue weighted by molar-refractivity contribution is 5.48. The van der Waals surface area contributed by atoms with Crippen LogP contribution in [0.3, 0.4) is 0 Å². The first-order valence-electron chi connectivity index (χ1n) is 5.38. The fourth-order valence-corrected chi connectivity index (χ4v) is 1.18. The molecule has 0 nitrogen and oxygen atoms in total. The molecule has 0 aromatic carbocycles. The summed E-state index contributed by atoms with van der Waals surface area (Å²) in [6.07, 6.45) is 19.6. The minimum Gasteiger partial charge on any atom is -0.0991 e. The van der Waals surface area contributed by atoms with E-state index in [0.717, 1.165) is 11.1 Å². The predicted octanol–water partition coefficient (Wildman–Crippen LogP) is 4.92. The number of rotatable bonds is 6. The third-order valence-electron chi connectivity index (χ3n) is 1.93. The van der Waals surface area contributed by atoms with Gasteiger partial charge in [0.05, 0.1) is 0 Å². The monoisotopic (exact) mass is 212 g/mol. The van der Waals surface area contributed by atoms with Gasteiger partial charge in [0, 0.05) is 0 Å². The minimum absolute atomic E-state index is 1.12. The van der Waals surface area contributed by atoms with Crippen LogP contribution in [-0.2, 0) is 0 Å². The van der Waals surface area contributed by atoms with Crippen LogP contribution in [0.1, 0.15) is 13.8 Å². The van der Waals surface area contributed by atoms with Gasteiger partial charge in [0.1, 0.15) is 0 Å². The molecule has 0 saturated carbocycles. The number of hydrogen-bond acceptors (Lipinski definition) is 0. The molecular weight excluding hydrogens is 192 g/mol. The average molecular weight is 212 g/mol. The van der Waals surface area contributed by atoms with Crippen molar-refractivity contribution in [2.45, 2.75) is 13.8 Å². The fourth-order valence-electron chi connectivity index (χ4n) is 1.18. The van der Waals surface area contributed by atoms with Crippen LogP contribution in [0.5, 0.6) is 0 Å². The van der Waals surface area contributed by atoms with E-state index in [4.69, 9.17) is 0 Å². The summed E-state index contributed by atoms with van der Waals surface area (Å²) in [6.45, 7) is 11.4. The molecule has 0 rings (SSSR count). The summed E-state index contributed by atoms with van der Waals surface area (Å²) in [5, 5.41) is 0. The van der Waals surface area contributed by atoms with Gasteiger partial charge in [-0.25, -0.2) is 0 Å². The maximum Gasteiger partial charge on any atom is -0.0188 e. The van der Waals surface area contributed by atoms with Crippen molar-refractivity contribution in [1.82, 2.24) is 0 Å². The van der Waals surface area contributed by atoms with Crippen molar-refractivity contribution in [3.8, 4) is 0 Å². The van der Waals surface area contributed by atoms with Gasteiger partial charge in [-0.15, -0.1) is 0 Å². The molecule has 0 aromatic heterocycles. The van der Waals surface area contributed by atoms with Gasteiger partial charge in [0.2, 0.25) is 0 Å². The van der Waals surface area contributed by atoms with Crippen LogP contribution >= 0.6 is 0 Å². The van der Waals surface area contributed by atoms with Crippen LogP contribution in [0.4, 0.5) is 0 Å². The first-order chi connectivity index (χ1) is 7.79. The van der Waals surface area contributed by atoms with Gasteiger partial charge in [0.25, 0.3) is 0 Å². The van der Waals surface area contributed by atoms with Gasteiger partial charge in [-0.1, -0.05) is 73.9 Å². The van der Waals surface area contributed by atoms with Crippen molar-refractivity contribution < 1.29 is 0 Å². The van der Waals surface area contributed by atoms with E-state index >= 15 is 0 Å². The number of allylic oxidation sites excluding steroid dienone is 12. The molecule has 0 aromatic rings. The van der Waals surface area contributed by atoms with E-state index in [0.29, 0.717) is 0 Å². The van der Waals surface area contributed by atoms with Crippen molar-refractivity contribution in [2.75, 3.05) is 0 Å². The molecule has 0 unspecified atom stereocenters. The molecule has 0 heteroatoms. The third kappa shape index (κ3) is 5.82. The van der Waals surface area contributed by atoms with Gasteiger partial charge in [0.15, 0.2) is 0 Å². The van der Waals surface area contributed by atoms with Crippen LogP contribution in [-0.4, -0.2) is 0 Å². The molecule has 16 heavy (non-hydrogen) atoms. The van der Waals surface area contributed by atoms with E-state index in [2.05, 4.69) is 25.3 Å². The zero-order chi connectivity index (χ0) is 12.2. The first-order valence-corrected chi connectivity index (χ1v) is 5.38. The summed E-state index contributed by atoms with van der Waals surface area (Å²) in [7, 11) is 0. The molecule has 84 valence electrons. The molecule has 0 aliphatic carbocycles. The minimum atomic E-state index is 1.12. The molecule has 0 spiro atoms. The van der Waals surface area contributed by atoms with E-state index in [1.54, 1.807) is 12.2 Å². The molecule has 0 atom stereocenters. The largest absolute Gasteiger partial charge is 0.0991 e. The Morgan fingerprint density at radius 3 is 2.00 bits per heavy atom. The lowest BCUT2D eigenvalue weighted by atomic mass is 10.0. The van der Waals surface area contributed by atoms with E-state index in [9.17, 15) is 0 Å². The smallest absolute Gasteiger partial charge is 0.0188 e. The Morgan fingerprint density at radius 2 is 1.50 bits per heavy atom. The third-order valence-corrected chi connectivity index (χ3v) is 1.93. The Hall–Kier alpha value is -1.82. The normalized spacial score (nSPS) is 14.1. The van der Waals surface area contributed by atoms with Gasteiger partial charge >= 0.3 is 0 Å². The molecule has 0 radical (unpaired) electrons. The summed E-state index contributed by atoms with van der Waals surface area (Å²) < 4.78 is 0. The Labute approximate surface area is 99.4 Å². The Balaban J connectivity index is 5.02. The van der Waals surface area contributed by atoms with Gasteiger partial charge < -0.3 is 0 Å². The van der Waals surface area contributed by atoms with Crippen LogP contribution in [0.2, 0.25) is 0 Å². The molecule has 0 N–H and O–H groups in total. The summed E-state index contributed by atoms with van der Waals surface area (Å²) in [5.74, 6) is 0. The topological polar surface area (TPSA) is 0 Å². The van der Waals surface area contributed by atoms with Crippen molar-refractivity contribution in [2.24, 2.45) is 0 Å². The fraction of sp³-hybridized carbons (Fsp3) is 0.125. The van der Waals surface area contributed by atoms with Gasteiger partial charge in [-0.3, -0.25) is 0 Å². The second-order valence-electron chi connectivity index (χ2n) is 3.08. The molecule has 0 bridgehead atoms. The van der Waals surface area contributed by atoms with Crippen LogP contribution < -0.4 is 0 Å². The van der Waals surface area contributed by atoms with Gasteiger partial charge in [-0.05, 0) is 25.0 Å². The van der Waals surface area contributed by atoms with Crippen LogP contribution in [0.15, 0.2) is 85.1 Å². The molecule has 0 amide bonds. The predicted molar refractivity (Wildman–Crippen MR) is 75.3 cm³/mol. The van der Waals surface area contributed by atoms with E-state index in [1.807, 2.05) is 50.3 Å². The average Bonchev–Trinajstić information content (AvgIpc) is 2.31. The SMILES string of the molecule is C=C/C=C\C(=C/C=C)C(=CC)/C=C\C=C/C. The lowest BCUT2D eigenvalue weighted by molar-refractivity contribution is 1.50. The summed E-state index contributed by atoms with van der Waals surface area (Å²) >= 11 is 0. The molecule has 0 fully saturated rings. The van der Waals surface area contributed by atoms with E-state index in [1.165, 1.54) is 0 Å². The van der Waals surface area contributed by atoms with Crippen LogP contribution in [0.25, 0.3) is 0 Å². The summed E-state index contributed by atoms with van der Waals surface area (Å²) in [5.41, 5.74) is 2.29. The van der Waals surface area contributed by atoms with E-state index < -0.39 is 0 Å². The maximum atomic E-state index is 3.72. The number of hydrogen-bond donors (Lipinski definition) is 0. The molecule has 0 heterocycles. The molecule has 0 saturated heterocycles. The van der Waals surface area contributed by atoms with Crippen molar-refractivity contribution in [3.05, 3.63) is 85.1 Å². The molecular formula is C16H20. The highest BCUT2D eigenvalue weighted by Gasteiger charge is 1.94. The van der Waals surface area contributed by atoms with Crippen LogP contribution in [0, 0.1) is 0 Å². The molecule has 0 aliphatic rings. The second-order valence-corrected chi connectivity index (χ2v) is 3.08.